The molecule has 1 aromatic carbocycles. The van der Waals surface area contributed by atoms with Gasteiger partial charge in [0.05, 0.1) is 19.1 Å². The summed E-state index contributed by atoms with van der Waals surface area (Å²) in [4.78, 5) is 30.8. The van der Waals surface area contributed by atoms with E-state index in [2.05, 4.69) is 15.3 Å². The van der Waals surface area contributed by atoms with E-state index in [-0.39, 0.29) is 24.5 Å². The summed E-state index contributed by atoms with van der Waals surface area (Å²) in [5.41, 5.74) is 1.25. The molecule has 23 heavy (non-hydrogen) atoms. The van der Waals surface area contributed by atoms with Crippen LogP contribution in [-0.2, 0) is 11.2 Å². The van der Waals surface area contributed by atoms with Crippen LogP contribution in [0.3, 0.4) is 0 Å². The van der Waals surface area contributed by atoms with Gasteiger partial charge < -0.3 is 15.4 Å². The average molecular weight is 336 g/mol. The van der Waals surface area contributed by atoms with Gasteiger partial charge in [-0.25, -0.2) is 4.98 Å². The van der Waals surface area contributed by atoms with Crippen molar-refractivity contribution in [3.05, 3.63) is 62.3 Å². The number of rotatable bonds is 5. The van der Waals surface area contributed by atoms with Crippen LogP contribution < -0.4 is 10.9 Å². The highest BCUT2D eigenvalue weighted by atomic mass is 35.5. The lowest BCUT2D eigenvalue weighted by atomic mass is 10.1. The highest BCUT2D eigenvalue weighted by Crippen LogP contribution is 2.16. The van der Waals surface area contributed by atoms with Crippen LogP contribution in [-0.4, -0.2) is 27.6 Å². The lowest BCUT2D eigenvalue weighted by molar-refractivity contribution is -0.121. The SMILES string of the molecule is Cc1nc(C)c(CC(=O)NC(CO)c2ccc(Cl)cc2)c(=O)[nH]1. The fraction of sp³-hybridized carbons (Fsp3) is 0.312. The fourth-order valence-electron chi connectivity index (χ4n) is 2.29. The first-order chi connectivity index (χ1) is 10.9. The van der Waals surface area contributed by atoms with Gasteiger partial charge >= 0.3 is 0 Å². The third kappa shape index (κ3) is 4.40. The molecule has 1 unspecified atom stereocenters. The van der Waals surface area contributed by atoms with E-state index in [9.17, 15) is 14.7 Å². The van der Waals surface area contributed by atoms with E-state index in [1.807, 2.05) is 0 Å². The van der Waals surface area contributed by atoms with E-state index in [1.54, 1.807) is 38.1 Å². The molecule has 3 N–H and O–H groups in total. The van der Waals surface area contributed by atoms with E-state index in [0.717, 1.165) is 5.56 Å². The van der Waals surface area contributed by atoms with Crippen molar-refractivity contribution in [2.75, 3.05) is 6.61 Å². The van der Waals surface area contributed by atoms with E-state index in [0.29, 0.717) is 22.1 Å². The van der Waals surface area contributed by atoms with Gasteiger partial charge in [0.2, 0.25) is 5.91 Å². The van der Waals surface area contributed by atoms with Gasteiger partial charge in [-0.15, -0.1) is 0 Å². The monoisotopic (exact) mass is 335 g/mol. The van der Waals surface area contributed by atoms with Crippen LogP contribution >= 0.6 is 11.6 Å². The molecule has 7 heteroatoms. The second kappa shape index (κ2) is 7.39. The van der Waals surface area contributed by atoms with Crippen molar-refractivity contribution in [3.63, 3.8) is 0 Å². The van der Waals surface area contributed by atoms with Crippen molar-refractivity contribution in [3.8, 4) is 0 Å². The average Bonchev–Trinajstić information content (AvgIpc) is 2.49. The summed E-state index contributed by atoms with van der Waals surface area (Å²) in [5.74, 6) is 0.143. The minimum absolute atomic E-state index is 0.0987. The van der Waals surface area contributed by atoms with Crippen molar-refractivity contribution in [1.29, 1.82) is 0 Å². The molecule has 0 aliphatic rings. The van der Waals surface area contributed by atoms with Crippen LogP contribution in [0.1, 0.15) is 28.7 Å². The highest BCUT2D eigenvalue weighted by Gasteiger charge is 2.16. The molecule has 6 nitrogen and oxygen atoms in total. The summed E-state index contributed by atoms with van der Waals surface area (Å²) in [6.45, 7) is 3.11. The number of aliphatic hydroxyl groups is 1. The van der Waals surface area contributed by atoms with Gasteiger partial charge in [0.15, 0.2) is 0 Å². The number of hydrogen-bond donors (Lipinski definition) is 3. The van der Waals surface area contributed by atoms with Crippen LogP contribution in [0.25, 0.3) is 0 Å². The molecule has 0 spiro atoms. The fourth-order valence-corrected chi connectivity index (χ4v) is 2.42. The number of carbonyl (C=O) groups is 1. The predicted molar refractivity (Wildman–Crippen MR) is 87.5 cm³/mol. The van der Waals surface area contributed by atoms with E-state index < -0.39 is 6.04 Å². The molecule has 0 aliphatic heterocycles. The molecule has 122 valence electrons. The molecular weight excluding hydrogens is 318 g/mol. The number of nitrogens with zero attached hydrogens (tertiary/aromatic N) is 1. The summed E-state index contributed by atoms with van der Waals surface area (Å²) in [6, 6.07) is 6.27. The number of aromatic nitrogens is 2. The Morgan fingerprint density at radius 3 is 2.57 bits per heavy atom. The topological polar surface area (TPSA) is 95.1 Å². The lowest BCUT2D eigenvalue weighted by Crippen LogP contribution is -2.34. The molecule has 1 amide bonds. The molecule has 0 aliphatic carbocycles. The molecule has 0 radical (unpaired) electrons. The second-order valence-corrected chi connectivity index (χ2v) is 5.68. The maximum Gasteiger partial charge on any atom is 0.254 e. The minimum Gasteiger partial charge on any atom is -0.394 e. The Morgan fingerprint density at radius 2 is 2.00 bits per heavy atom. The van der Waals surface area contributed by atoms with Crippen LogP contribution in [0, 0.1) is 13.8 Å². The van der Waals surface area contributed by atoms with Crippen LogP contribution in [0.5, 0.6) is 0 Å². The number of H-pyrrole nitrogens is 1. The zero-order valence-electron chi connectivity index (χ0n) is 12.9. The van der Waals surface area contributed by atoms with Crippen LogP contribution in [0.4, 0.5) is 0 Å². The van der Waals surface area contributed by atoms with Crippen molar-refractivity contribution < 1.29 is 9.90 Å². The first-order valence-electron chi connectivity index (χ1n) is 7.12. The summed E-state index contributed by atoms with van der Waals surface area (Å²) in [5, 5.41) is 12.8. The number of nitrogens with one attached hydrogen (secondary N) is 2. The predicted octanol–water partition coefficient (Wildman–Crippen LogP) is 1.43. The number of aliphatic hydroxyl groups excluding tert-OH is 1. The third-order valence-corrected chi connectivity index (χ3v) is 3.72. The molecule has 2 rings (SSSR count). The maximum atomic E-state index is 12.2. The molecular formula is C16H18ClN3O3. The van der Waals surface area contributed by atoms with Gasteiger partial charge in [0.25, 0.3) is 5.56 Å². The Labute approximate surface area is 138 Å². The van der Waals surface area contributed by atoms with Crippen LogP contribution in [0.15, 0.2) is 29.1 Å². The molecule has 1 aromatic heterocycles. The number of benzene rings is 1. The van der Waals surface area contributed by atoms with Crippen molar-refractivity contribution in [2.45, 2.75) is 26.3 Å². The first kappa shape index (κ1) is 17.2. The smallest absolute Gasteiger partial charge is 0.254 e. The van der Waals surface area contributed by atoms with Gasteiger partial charge in [-0.1, -0.05) is 23.7 Å². The molecule has 1 atom stereocenters. The van der Waals surface area contributed by atoms with Crippen LogP contribution in [0.2, 0.25) is 5.02 Å². The number of aryl methyl sites for hydroxylation is 2. The summed E-state index contributed by atoms with van der Waals surface area (Å²) in [6.07, 6.45) is -0.0987. The van der Waals surface area contributed by atoms with E-state index >= 15 is 0 Å². The third-order valence-electron chi connectivity index (χ3n) is 3.47. The molecule has 1 heterocycles. The Hall–Kier alpha value is -2.18. The highest BCUT2D eigenvalue weighted by molar-refractivity contribution is 6.30. The van der Waals surface area contributed by atoms with Gasteiger partial charge in [0.1, 0.15) is 5.82 Å². The zero-order valence-corrected chi connectivity index (χ0v) is 13.6. The Balaban J connectivity index is 2.12. The second-order valence-electron chi connectivity index (χ2n) is 5.25. The molecule has 0 fully saturated rings. The number of aromatic amines is 1. The Kier molecular flexibility index (Phi) is 5.52. The van der Waals surface area contributed by atoms with Gasteiger partial charge in [0, 0.05) is 16.3 Å². The number of hydrogen-bond acceptors (Lipinski definition) is 4. The quantitative estimate of drug-likeness (QED) is 0.770. The molecule has 2 aromatic rings. The standard InChI is InChI=1S/C16H18ClN3O3/c1-9-13(16(23)19-10(2)18-9)7-15(22)20-14(8-21)11-3-5-12(17)6-4-11/h3-6,14,21H,7-8H2,1-2H3,(H,20,22)(H,18,19,23). The Bertz CT molecular complexity index is 756. The summed E-state index contributed by atoms with van der Waals surface area (Å²) < 4.78 is 0. The van der Waals surface area contributed by atoms with E-state index in [4.69, 9.17) is 11.6 Å². The number of halogens is 1. The zero-order chi connectivity index (χ0) is 17.0. The van der Waals surface area contributed by atoms with Crippen molar-refractivity contribution >= 4 is 17.5 Å². The lowest BCUT2D eigenvalue weighted by Gasteiger charge is -2.17. The minimum atomic E-state index is -0.558. The van der Waals surface area contributed by atoms with Gasteiger partial charge in [-0.3, -0.25) is 9.59 Å². The summed E-state index contributed by atoms with van der Waals surface area (Å²) in [7, 11) is 0. The number of carbonyl (C=O) groups excluding carboxylic acids is 1. The largest absolute Gasteiger partial charge is 0.394 e. The van der Waals surface area contributed by atoms with Gasteiger partial charge in [-0.05, 0) is 31.5 Å². The Morgan fingerprint density at radius 1 is 1.35 bits per heavy atom. The van der Waals surface area contributed by atoms with Crippen molar-refractivity contribution in [1.82, 2.24) is 15.3 Å². The maximum absolute atomic E-state index is 12.2. The molecule has 0 bridgehead atoms. The molecule has 0 saturated carbocycles. The summed E-state index contributed by atoms with van der Waals surface area (Å²) >= 11 is 5.83. The normalized spacial score (nSPS) is 12.0. The van der Waals surface area contributed by atoms with Gasteiger partial charge in [-0.2, -0.15) is 0 Å². The number of amides is 1. The molecule has 0 saturated heterocycles. The first-order valence-corrected chi connectivity index (χ1v) is 7.50. The van der Waals surface area contributed by atoms with E-state index in [1.165, 1.54) is 0 Å². The van der Waals surface area contributed by atoms with Crippen molar-refractivity contribution in [2.24, 2.45) is 0 Å².